The molecule has 0 bridgehead atoms. The van der Waals surface area contributed by atoms with Gasteiger partial charge in [-0.3, -0.25) is 4.79 Å². The minimum atomic E-state index is -0.986. The van der Waals surface area contributed by atoms with Crippen LogP contribution in [-0.4, -0.2) is 50.6 Å². The van der Waals surface area contributed by atoms with Gasteiger partial charge in [-0.05, 0) is 24.3 Å². The molecule has 0 radical (unpaired) electrons. The molecule has 2 heterocycles. The fraction of sp³-hybridized carbons (Fsp3) is 0.286. The molecule has 9 heteroatoms. The van der Waals surface area contributed by atoms with E-state index in [1.165, 1.54) is 24.3 Å². The molecular weight excluding hydrogens is 396 g/mol. The van der Waals surface area contributed by atoms with Gasteiger partial charge in [0, 0.05) is 30.5 Å². The number of benzene rings is 2. The Balaban J connectivity index is 1.75. The molecule has 30 heavy (non-hydrogen) atoms. The highest BCUT2D eigenvalue weighted by molar-refractivity contribution is 5.89. The second kappa shape index (κ2) is 7.86. The highest BCUT2D eigenvalue weighted by Crippen LogP contribution is 2.42. The maximum Gasteiger partial charge on any atom is 0.202 e. The van der Waals surface area contributed by atoms with Crippen LogP contribution in [0.4, 0.5) is 0 Å². The standard InChI is InChI=1S/C21H20O9/c22-9-13-5-12(24)6-18(28-13)30-17-8-16-19(21(27)20(17)26)14(25)7-15(29-16)10-1-3-11(23)4-2-10/h1-4,7-8,12-13,18,22-24,26-27H,5-6,9H2. The van der Waals surface area contributed by atoms with Crippen molar-refractivity contribution in [1.82, 2.24) is 0 Å². The summed E-state index contributed by atoms with van der Waals surface area (Å²) in [6.07, 6.45) is -2.05. The first-order valence-corrected chi connectivity index (χ1v) is 9.29. The van der Waals surface area contributed by atoms with Crippen molar-refractivity contribution in [3.8, 4) is 34.3 Å². The minimum absolute atomic E-state index is 0.0362. The lowest BCUT2D eigenvalue weighted by molar-refractivity contribution is -0.185. The first kappa shape index (κ1) is 20.0. The van der Waals surface area contributed by atoms with Crippen molar-refractivity contribution in [2.24, 2.45) is 0 Å². The third-order valence-electron chi connectivity index (χ3n) is 4.89. The zero-order valence-electron chi connectivity index (χ0n) is 15.7. The summed E-state index contributed by atoms with van der Waals surface area (Å²) in [5.74, 6) is -1.34. The molecule has 4 rings (SSSR count). The maximum absolute atomic E-state index is 12.5. The normalized spacial score (nSPS) is 21.6. The molecule has 9 nitrogen and oxygen atoms in total. The lowest BCUT2D eigenvalue weighted by Crippen LogP contribution is -2.40. The SMILES string of the molecule is O=c1cc(-c2ccc(O)cc2)oc2cc(OC3CC(O)CC(CO)O3)c(O)c(O)c12. The van der Waals surface area contributed by atoms with Gasteiger partial charge in [-0.1, -0.05) is 0 Å². The fourth-order valence-corrected chi connectivity index (χ4v) is 3.41. The molecule has 1 fully saturated rings. The van der Waals surface area contributed by atoms with Crippen molar-refractivity contribution >= 4 is 11.0 Å². The highest BCUT2D eigenvalue weighted by Gasteiger charge is 2.30. The third kappa shape index (κ3) is 3.78. The summed E-state index contributed by atoms with van der Waals surface area (Å²) in [6.45, 7) is -0.309. The lowest BCUT2D eigenvalue weighted by atomic mass is 10.1. The van der Waals surface area contributed by atoms with E-state index in [-0.39, 0.29) is 47.7 Å². The summed E-state index contributed by atoms with van der Waals surface area (Å²) < 4.78 is 16.8. The molecule has 0 saturated carbocycles. The van der Waals surface area contributed by atoms with E-state index in [0.717, 1.165) is 0 Å². The topological polar surface area (TPSA) is 150 Å². The number of hydrogen-bond donors (Lipinski definition) is 5. The van der Waals surface area contributed by atoms with E-state index >= 15 is 0 Å². The van der Waals surface area contributed by atoms with Gasteiger partial charge in [0.1, 0.15) is 22.5 Å². The fourth-order valence-electron chi connectivity index (χ4n) is 3.41. The number of phenolic OH excluding ortho intramolecular Hbond substituents is 3. The van der Waals surface area contributed by atoms with Crippen molar-refractivity contribution in [2.75, 3.05) is 6.61 Å². The number of rotatable bonds is 4. The van der Waals surface area contributed by atoms with Crippen LogP contribution in [0.15, 0.2) is 45.6 Å². The van der Waals surface area contributed by atoms with E-state index in [1.54, 1.807) is 12.1 Å². The van der Waals surface area contributed by atoms with Crippen LogP contribution < -0.4 is 10.2 Å². The first-order valence-electron chi connectivity index (χ1n) is 9.29. The Morgan fingerprint density at radius 3 is 2.47 bits per heavy atom. The summed E-state index contributed by atoms with van der Waals surface area (Å²) in [6, 6.07) is 8.40. The van der Waals surface area contributed by atoms with Gasteiger partial charge in [0.2, 0.25) is 12.0 Å². The number of hydrogen-bond acceptors (Lipinski definition) is 9. The van der Waals surface area contributed by atoms with Crippen LogP contribution in [0.2, 0.25) is 0 Å². The quantitative estimate of drug-likeness (QED) is 0.401. The summed E-state index contributed by atoms with van der Waals surface area (Å²) >= 11 is 0. The van der Waals surface area contributed by atoms with E-state index in [0.29, 0.717) is 5.56 Å². The second-order valence-electron chi connectivity index (χ2n) is 7.08. The van der Waals surface area contributed by atoms with E-state index in [2.05, 4.69) is 0 Å². The Hall–Kier alpha value is -3.27. The van der Waals surface area contributed by atoms with Gasteiger partial charge in [0.05, 0.1) is 18.8 Å². The average Bonchev–Trinajstić information content (AvgIpc) is 2.71. The monoisotopic (exact) mass is 416 g/mol. The van der Waals surface area contributed by atoms with E-state index in [9.17, 15) is 30.3 Å². The first-order chi connectivity index (χ1) is 14.4. The van der Waals surface area contributed by atoms with E-state index in [4.69, 9.17) is 13.9 Å². The van der Waals surface area contributed by atoms with Crippen LogP contribution in [0.3, 0.4) is 0 Å². The number of aromatic hydroxyl groups is 3. The van der Waals surface area contributed by atoms with Crippen LogP contribution in [0.25, 0.3) is 22.3 Å². The maximum atomic E-state index is 12.5. The molecule has 5 N–H and O–H groups in total. The van der Waals surface area contributed by atoms with Gasteiger partial charge in [-0.25, -0.2) is 0 Å². The molecular formula is C21H20O9. The zero-order valence-corrected chi connectivity index (χ0v) is 15.7. The van der Waals surface area contributed by atoms with Crippen LogP contribution >= 0.6 is 0 Å². The zero-order chi connectivity index (χ0) is 21.4. The summed E-state index contributed by atoms with van der Waals surface area (Å²) in [5.41, 5.74) is -0.0966. The molecule has 2 aromatic carbocycles. The van der Waals surface area contributed by atoms with Crippen LogP contribution in [0, 0.1) is 0 Å². The Kier molecular flexibility index (Phi) is 5.25. The van der Waals surface area contributed by atoms with Crippen molar-refractivity contribution < 1.29 is 39.4 Å². The Morgan fingerprint density at radius 2 is 1.77 bits per heavy atom. The molecule has 3 unspecified atom stereocenters. The van der Waals surface area contributed by atoms with Crippen molar-refractivity contribution in [1.29, 1.82) is 0 Å². The van der Waals surface area contributed by atoms with Crippen LogP contribution in [-0.2, 0) is 4.74 Å². The molecule has 1 saturated heterocycles. The van der Waals surface area contributed by atoms with Gasteiger partial charge >= 0.3 is 0 Å². The number of fused-ring (bicyclic) bond motifs is 1. The molecule has 0 amide bonds. The molecule has 1 aliphatic heterocycles. The molecule has 0 spiro atoms. The number of aliphatic hydroxyl groups is 2. The Labute approximate surface area is 170 Å². The molecule has 158 valence electrons. The van der Waals surface area contributed by atoms with Gasteiger partial charge < -0.3 is 39.4 Å². The molecule has 1 aliphatic rings. The van der Waals surface area contributed by atoms with Crippen molar-refractivity contribution in [2.45, 2.75) is 31.3 Å². The Bertz CT molecular complexity index is 1120. The van der Waals surface area contributed by atoms with E-state index < -0.39 is 35.4 Å². The molecule has 0 aliphatic carbocycles. The summed E-state index contributed by atoms with van der Waals surface area (Å²) in [5, 5.41) is 49.0. The summed E-state index contributed by atoms with van der Waals surface area (Å²) in [4.78, 5) is 12.5. The van der Waals surface area contributed by atoms with Gasteiger partial charge in [-0.15, -0.1) is 0 Å². The number of ether oxygens (including phenoxy) is 2. The number of aliphatic hydroxyl groups excluding tert-OH is 2. The predicted molar refractivity (Wildman–Crippen MR) is 105 cm³/mol. The van der Waals surface area contributed by atoms with Crippen molar-refractivity contribution in [3.05, 3.63) is 46.6 Å². The van der Waals surface area contributed by atoms with E-state index in [1.807, 2.05) is 0 Å². The van der Waals surface area contributed by atoms with Crippen LogP contribution in [0.1, 0.15) is 12.8 Å². The van der Waals surface area contributed by atoms with Gasteiger partial charge in [0.15, 0.2) is 16.9 Å². The van der Waals surface area contributed by atoms with Crippen LogP contribution in [0.5, 0.6) is 23.0 Å². The minimum Gasteiger partial charge on any atom is -0.508 e. The summed E-state index contributed by atoms with van der Waals surface area (Å²) in [7, 11) is 0. The van der Waals surface area contributed by atoms with Crippen molar-refractivity contribution in [3.63, 3.8) is 0 Å². The Morgan fingerprint density at radius 1 is 1.03 bits per heavy atom. The smallest absolute Gasteiger partial charge is 0.202 e. The highest BCUT2D eigenvalue weighted by atomic mass is 16.7. The number of phenols is 3. The average molecular weight is 416 g/mol. The third-order valence-corrected chi connectivity index (χ3v) is 4.89. The molecule has 3 aromatic rings. The predicted octanol–water partition coefficient (Wildman–Crippen LogP) is 1.81. The molecule has 3 atom stereocenters. The van der Waals surface area contributed by atoms with Gasteiger partial charge in [0.25, 0.3) is 0 Å². The largest absolute Gasteiger partial charge is 0.508 e. The lowest BCUT2D eigenvalue weighted by Gasteiger charge is -2.32. The second-order valence-corrected chi connectivity index (χ2v) is 7.08. The van der Waals surface area contributed by atoms with Gasteiger partial charge in [-0.2, -0.15) is 0 Å². The molecule has 1 aromatic heterocycles.